The maximum Gasteiger partial charge on any atom is 0.0591 e. The second-order valence-corrected chi connectivity index (χ2v) is 5.13. The molecule has 0 aliphatic rings. The van der Waals surface area contributed by atoms with Gasteiger partial charge in [-0.05, 0) is 18.3 Å². The summed E-state index contributed by atoms with van der Waals surface area (Å²) < 4.78 is 5.51. The Hall–Kier alpha value is 0.210. The van der Waals surface area contributed by atoms with Crippen molar-refractivity contribution in [3.63, 3.8) is 0 Å². The number of hydrogen-bond acceptors (Lipinski definition) is 2. The predicted octanol–water partition coefficient (Wildman–Crippen LogP) is 2.90. The largest absolute Gasteiger partial charge is 0.380 e. The molecule has 0 amide bonds. The molecule has 0 fully saturated rings. The highest BCUT2D eigenvalue weighted by atomic mass is 35.5. The van der Waals surface area contributed by atoms with E-state index in [2.05, 4.69) is 33.0 Å². The Balaban J connectivity index is 3.45. The highest BCUT2D eigenvalue weighted by Gasteiger charge is 2.11. The molecule has 0 saturated carbocycles. The van der Waals surface area contributed by atoms with E-state index in [9.17, 15) is 0 Å². The van der Waals surface area contributed by atoms with Gasteiger partial charge in [-0.2, -0.15) is 0 Å². The van der Waals surface area contributed by atoms with Gasteiger partial charge in [-0.1, -0.05) is 27.7 Å². The lowest BCUT2D eigenvalue weighted by Crippen LogP contribution is -2.36. The molecule has 0 rings (SSSR count). The van der Waals surface area contributed by atoms with Crippen LogP contribution >= 0.6 is 11.6 Å². The van der Waals surface area contributed by atoms with Gasteiger partial charge in [-0.3, -0.25) is 0 Å². The molecule has 0 aliphatic carbocycles. The second-order valence-electron chi connectivity index (χ2n) is 4.75. The molecule has 0 saturated heterocycles. The highest BCUT2D eigenvalue weighted by molar-refractivity contribution is 6.17. The molecule has 15 heavy (non-hydrogen) atoms. The number of rotatable bonds is 9. The molecule has 0 aromatic carbocycles. The first-order valence-electron chi connectivity index (χ1n) is 5.95. The lowest BCUT2D eigenvalue weighted by molar-refractivity contribution is 0.108. The molecule has 0 aromatic heterocycles. The van der Waals surface area contributed by atoms with Crippen LogP contribution in [-0.4, -0.2) is 31.7 Å². The van der Waals surface area contributed by atoms with Crippen molar-refractivity contribution in [1.82, 2.24) is 5.32 Å². The van der Waals surface area contributed by atoms with Crippen molar-refractivity contribution in [1.29, 1.82) is 0 Å². The Labute approximate surface area is 99.7 Å². The fourth-order valence-corrected chi connectivity index (χ4v) is 1.66. The minimum Gasteiger partial charge on any atom is -0.380 e. The average molecular weight is 236 g/mol. The molecule has 92 valence electrons. The van der Waals surface area contributed by atoms with Gasteiger partial charge in [0, 0.05) is 25.1 Å². The highest BCUT2D eigenvalue weighted by Crippen LogP contribution is 2.06. The average Bonchev–Trinajstić information content (AvgIpc) is 2.15. The summed E-state index contributed by atoms with van der Waals surface area (Å²) in [6.45, 7) is 11.3. The van der Waals surface area contributed by atoms with Crippen LogP contribution in [0, 0.1) is 11.8 Å². The van der Waals surface area contributed by atoms with E-state index in [1.165, 1.54) is 0 Å². The molecule has 2 nitrogen and oxygen atoms in total. The van der Waals surface area contributed by atoms with Crippen LogP contribution in [0.15, 0.2) is 0 Å². The number of halogens is 1. The normalized spacial score (nSPS) is 13.8. The van der Waals surface area contributed by atoms with E-state index in [0.29, 0.717) is 17.9 Å². The Bertz CT molecular complexity index is 140. The van der Waals surface area contributed by atoms with Crippen LogP contribution in [0.3, 0.4) is 0 Å². The van der Waals surface area contributed by atoms with Gasteiger partial charge >= 0.3 is 0 Å². The lowest BCUT2D eigenvalue weighted by atomic mass is 10.0. The minimum atomic E-state index is 0.519. The third-order valence-electron chi connectivity index (χ3n) is 2.33. The molecule has 0 heterocycles. The molecule has 1 N–H and O–H groups in total. The van der Waals surface area contributed by atoms with Crippen LogP contribution < -0.4 is 5.32 Å². The first-order chi connectivity index (χ1) is 7.07. The predicted molar refractivity (Wildman–Crippen MR) is 67.6 cm³/mol. The van der Waals surface area contributed by atoms with Gasteiger partial charge in [0.2, 0.25) is 0 Å². The van der Waals surface area contributed by atoms with E-state index in [1.54, 1.807) is 0 Å². The second kappa shape index (κ2) is 9.44. The van der Waals surface area contributed by atoms with E-state index in [-0.39, 0.29) is 0 Å². The Morgan fingerprint density at radius 3 is 2.33 bits per heavy atom. The Morgan fingerprint density at radius 2 is 1.87 bits per heavy atom. The van der Waals surface area contributed by atoms with Crippen molar-refractivity contribution >= 4 is 11.6 Å². The van der Waals surface area contributed by atoms with E-state index >= 15 is 0 Å². The molecule has 0 bridgehead atoms. The molecule has 0 aromatic rings. The first kappa shape index (κ1) is 15.2. The van der Waals surface area contributed by atoms with Crippen molar-refractivity contribution in [3.05, 3.63) is 0 Å². The van der Waals surface area contributed by atoms with E-state index in [1.807, 2.05) is 0 Å². The summed E-state index contributed by atoms with van der Waals surface area (Å²) in [5, 5.41) is 3.48. The van der Waals surface area contributed by atoms with E-state index in [0.717, 1.165) is 32.1 Å². The standard InChI is InChI=1S/C12H26ClNO/c1-10(2)9-15-8-7-14-12(5-6-13)11(3)4/h10-12,14H,5-9H2,1-4H3. The molecule has 0 spiro atoms. The van der Waals surface area contributed by atoms with E-state index < -0.39 is 0 Å². The smallest absolute Gasteiger partial charge is 0.0591 e. The fourth-order valence-electron chi connectivity index (χ4n) is 1.42. The van der Waals surface area contributed by atoms with Gasteiger partial charge in [0.1, 0.15) is 0 Å². The quantitative estimate of drug-likeness (QED) is 0.490. The number of alkyl halides is 1. The van der Waals surface area contributed by atoms with Crippen LogP contribution in [0.25, 0.3) is 0 Å². The fraction of sp³-hybridized carbons (Fsp3) is 1.00. The van der Waals surface area contributed by atoms with Gasteiger partial charge in [0.05, 0.1) is 6.61 Å². The summed E-state index contributed by atoms with van der Waals surface area (Å²) in [6, 6.07) is 0.519. The van der Waals surface area contributed by atoms with Crippen LogP contribution in [-0.2, 0) is 4.74 Å². The molecule has 1 unspecified atom stereocenters. The monoisotopic (exact) mass is 235 g/mol. The Kier molecular flexibility index (Phi) is 9.57. The zero-order valence-electron chi connectivity index (χ0n) is 10.6. The summed E-state index contributed by atoms with van der Waals surface area (Å²) in [4.78, 5) is 0. The lowest BCUT2D eigenvalue weighted by Gasteiger charge is -2.21. The molecular weight excluding hydrogens is 210 g/mol. The van der Waals surface area contributed by atoms with E-state index in [4.69, 9.17) is 16.3 Å². The molecule has 0 aliphatic heterocycles. The third kappa shape index (κ3) is 9.16. The third-order valence-corrected chi connectivity index (χ3v) is 2.55. The van der Waals surface area contributed by atoms with Crippen LogP contribution in [0.1, 0.15) is 34.1 Å². The summed E-state index contributed by atoms with van der Waals surface area (Å²) in [5.41, 5.74) is 0. The zero-order valence-corrected chi connectivity index (χ0v) is 11.3. The molecule has 3 heteroatoms. The zero-order chi connectivity index (χ0) is 11.7. The SMILES string of the molecule is CC(C)COCCNC(CCCl)C(C)C. The van der Waals surface area contributed by atoms with Crippen molar-refractivity contribution < 1.29 is 4.74 Å². The van der Waals surface area contributed by atoms with Crippen molar-refractivity contribution in [3.8, 4) is 0 Å². The van der Waals surface area contributed by atoms with Gasteiger partial charge < -0.3 is 10.1 Å². The van der Waals surface area contributed by atoms with Gasteiger partial charge in [0.15, 0.2) is 0 Å². The van der Waals surface area contributed by atoms with Gasteiger partial charge in [-0.15, -0.1) is 11.6 Å². The van der Waals surface area contributed by atoms with Crippen LogP contribution in [0.2, 0.25) is 0 Å². The summed E-state index contributed by atoms with van der Waals surface area (Å²) >= 11 is 5.75. The van der Waals surface area contributed by atoms with Crippen LogP contribution in [0.5, 0.6) is 0 Å². The van der Waals surface area contributed by atoms with Crippen LogP contribution in [0.4, 0.5) is 0 Å². The first-order valence-corrected chi connectivity index (χ1v) is 6.48. The van der Waals surface area contributed by atoms with Crippen molar-refractivity contribution in [2.75, 3.05) is 25.6 Å². The molecule has 1 atom stereocenters. The summed E-state index contributed by atoms with van der Waals surface area (Å²) in [5.74, 6) is 1.98. The van der Waals surface area contributed by atoms with Crippen molar-refractivity contribution in [2.45, 2.75) is 40.2 Å². The maximum absolute atomic E-state index is 5.75. The maximum atomic E-state index is 5.75. The number of hydrogen-bond donors (Lipinski definition) is 1. The topological polar surface area (TPSA) is 21.3 Å². The van der Waals surface area contributed by atoms with Crippen molar-refractivity contribution in [2.24, 2.45) is 11.8 Å². The Morgan fingerprint density at radius 1 is 1.20 bits per heavy atom. The molecule has 0 radical (unpaired) electrons. The van der Waals surface area contributed by atoms with Gasteiger partial charge in [-0.25, -0.2) is 0 Å². The summed E-state index contributed by atoms with van der Waals surface area (Å²) in [6.07, 6.45) is 1.03. The minimum absolute atomic E-state index is 0.519. The van der Waals surface area contributed by atoms with Gasteiger partial charge in [0.25, 0.3) is 0 Å². The molecular formula is C12H26ClNO. The number of ether oxygens (including phenoxy) is 1. The summed E-state index contributed by atoms with van der Waals surface area (Å²) in [7, 11) is 0. The number of nitrogens with one attached hydrogen (secondary N) is 1.